The smallest absolute Gasteiger partial charge is 0.347 e. The molecule has 5 rings (SSSR count). The average molecular weight is 574 g/mol. The molecule has 1 saturated heterocycles. The number of ether oxygens (including phenoxy) is 1. The summed E-state index contributed by atoms with van der Waals surface area (Å²) in [5.74, 6) is -2.31. The molecular formula is C21H19BrCl2N4O6. The molecule has 180 valence electrons. The van der Waals surface area contributed by atoms with Gasteiger partial charge in [-0.1, -0.05) is 28.1 Å². The predicted molar refractivity (Wildman–Crippen MR) is 126 cm³/mol. The van der Waals surface area contributed by atoms with E-state index < -0.39 is 44.9 Å². The van der Waals surface area contributed by atoms with Gasteiger partial charge in [0.05, 0.1) is 25.2 Å². The van der Waals surface area contributed by atoms with Crippen molar-refractivity contribution < 1.29 is 19.4 Å². The minimum absolute atomic E-state index is 0.0685. The van der Waals surface area contributed by atoms with Crippen LogP contribution in [-0.2, 0) is 23.2 Å². The third-order valence-electron chi connectivity index (χ3n) is 7.01. The van der Waals surface area contributed by atoms with Crippen molar-refractivity contribution >= 4 is 50.9 Å². The molecule has 0 radical (unpaired) electrons. The topological polar surface area (TPSA) is 116 Å². The first-order chi connectivity index (χ1) is 16.0. The molecule has 2 aliphatic heterocycles. The lowest BCUT2D eigenvalue weighted by molar-refractivity contribution is -0.138. The highest BCUT2D eigenvalue weighted by atomic mass is 79.9. The Morgan fingerprint density at radius 2 is 1.88 bits per heavy atom. The van der Waals surface area contributed by atoms with E-state index in [1.54, 1.807) is 12.1 Å². The van der Waals surface area contributed by atoms with Crippen LogP contribution < -0.4 is 16.1 Å². The highest BCUT2D eigenvalue weighted by Crippen LogP contribution is 2.63. The number of alkyl halides is 3. The monoisotopic (exact) mass is 572 g/mol. The van der Waals surface area contributed by atoms with Gasteiger partial charge in [0.1, 0.15) is 0 Å². The van der Waals surface area contributed by atoms with Gasteiger partial charge in [0.15, 0.2) is 21.2 Å². The van der Waals surface area contributed by atoms with Crippen LogP contribution in [0.1, 0.15) is 23.9 Å². The van der Waals surface area contributed by atoms with Crippen molar-refractivity contribution in [3.8, 4) is 11.5 Å². The van der Waals surface area contributed by atoms with Crippen molar-refractivity contribution in [2.75, 3.05) is 12.6 Å². The predicted octanol–water partition coefficient (Wildman–Crippen LogP) is 1.41. The second kappa shape index (κ2) is 7.50. The van der Waals surface area contributed by atoms with Crippen LogP contribution in [0.15, 0.2) is 39.4 Å². The van der Waals surface area contributed by atoms with E-state index in [1.807, 2.05) is 0 Å². The number of phenols is 1. The van der Waals surface area contributed by atoms with Gasteiger partial charge in [0.2, 0.25) is 0 Å². The van der Waals surface area contributed by atoms with E-state index in [9.17, 15) is 24.3 Å². The van der Waals surface area contributed by atoms with Crippen LogP contribution >= 0.6 is 39.1 Å². The van der Waals surface area contributed by atoms with Crippen LogP contribution in [0, 0.1) is 0 Å². The minimum Gasteiger partial charge on any atom is -0.504 e. The maximum atomic E-state index is 13.6. The molecule has 1 aromatic heterocycles. The van der Waals surface area contributed by atoms with Crippen molar-refractivity contribution in [1.29, 1.82) is 0 Å². The molecule has 1 N–H and O–H groups in total. The van der Waals surface area contributed by atoms with Gasteiger partial charge in [0.25, 0.3) is 11.8 Å². The summed E-state index contributed by atoms with van der Waals surface area (Å²) in [6.07, 6.45) is 1.57. The average Bonchev–Trinajstić information content (AvgIpc) is 3.12. The number of carbonyl (C=O) groups is 2. The molecule has 2 fully saturated rings. The fourth-order valence-electron chi connectivity index (χ4n) is 5.37. The molecule has 3 heterocycles. The van der Waals surface area contributed by atoms with Crippen LogP contribution in [0.2, 0.25) is 0 Å². The maximum absolute atomic E-state index is 13.6. The molecule has 1 aliphatic carbocycles. The standard InChI is InChI=1S/C21H19BrCl2N4O6/c1-25-18(32)27-6-5-11-12(28(27)19(25)33)8-20(23)16(30)26(9-22)17(31)21(20,24)15(11)10-3-4-13(29)14(7-10)34-2/h3-5,7,12,15,29H,6,8-9H2,1-2H3/t12-,15+,20-,21+/m1/s1. The number of nitrogens with zero attached hydrogens (tertiary/aromatic N) is 4. The van der Waals surface area contributed by atoms with E-state index in [1.165, 1.54) is 35.7 Å². The van der Waals surface area contributed by atoms with Crippen LogP contribution in [0.4, 0.5) is 0 Å². The summed E-state index contributed by atoms with van der Waals surface area (Å²) < 4.78 is 8.77. The highest BCUT2D eigenvalue weighted by molar-refractivity contribution is 9.09. The van der Waals surface area contributed by atoms with Gasteiger partial charge in [-0.15, -0.1) is 23.2 Å². The van der Waals surface area contributed by atoms with Crippen molar-refractivity contribution in [3.63, 3.8) is 0 Å². The molecule has 0 spiro atoms. The summed E-state index contributed by atoms with van der Waals surface area (Å²) in [5, 5.41) is 10.1. The van der Waals surface area contributed by atoms with Gasteiger partial charge in [-0.25, -0.2) is 23.5 Å². The molecule has 34 heavy (non-hydrogen) atoms. The number of phenolic OH excluding ortho intramolecular Hbond substituents is 1. The summed E-state index contributed by atoms with van der Waals surface area (Å²) in [7, 11) is 2.75. The summed E-state index contributed by atoms with van der Waals surface area (Å²) in [5.41, 5.74) is -0.157. The van der Waals surface area contributed by atoms with E-state index in [0.717, 1.165) is 9.47 Å². The fraction of sp³-hybridized carbons (Fsp3) is 0.429. The van der Waals surface area contributed by atoms with Gasteiger partial charge in [-0.2, -0.15) is 0 Å². The van der Waals surface area contributed by atoms with Gasteiger partial charge >= 0.3 is 11.4 Å². The minimum atomic E-state index is -1.93. The first-order valence-electron chi connectivity index (χ1n) is 10.3. The second-order valence-corrected chi connectivity index (χ2v) is 10.3. The molecule has 2 aromatic rings. The lowest BCUT2D eigenvalue weighted by Gasteiger charge is -2.49. The van der Waals surface area contributed by atoms with Gasteiger partial charge in [0, 0.05) is 19.4 Å². The third-order valence-corrected chi connectivity index (χ3v) is 8.93. The Bertz CT molecular complexity index is 1410. The molecule has 1 saturated carbocycles. The number of carbonyl (C=O) groups excluding carboxylic acids is 2. The summed E-state index contributed by atoms with van der Waals surface area (Å²) in [6, 6.07) is 3.67. The first kappa shape index (κ1) is 23.3. The van der Waals surface area contributed by atoms with E-state index in [4.69, 9.17) is 27.9 Å². The Kier molecular flexibility index (Phi) is 5.13. The summed E-state index contributed by atoms with van der Waals surface area (Å²) in [6.45, 7) is 0.0685. The number of likely N-dealkylation sites (tertiary alicyclic amines) is 1. The number of allylic oxidation sites excluding steroid dienone is 2. The highest BCUT2D eigenvalue weighted by Gasteiger charge is 2.75. The quantitative estimate of drug-likeness (QED) is 0.257. The Morgan fingerprint density at radius 1 is 1.18 bits per heavy atom. The van der Waals surface area contributed by atoms with Crippen molar-refractivity contribution in [2.45, 2.75) is 34.7 Å². The lowest BCUT2D eigenvalue weighted by atomic mass is 9.64. The molecule has 0 unspecified atom stereocenters. The number of imide groups is 1. The Morgan fingerprint density at radius 3 is 2.53 bits per heavy atom. The molecule has 13 heteroatoms. The Balaban J connectivity index is 1.82. The number of rotatable bonds is 3. The van der Waals surface area contributed by atoms with Gasteiger partial charge in [-0.3, -0.25) is 14.5 Å². The number of methoxy groups -OCH3 is 1. The maximum Gasteiger partial charge on any atom is 0.347 e. The van der Waals surface area contributed by atoms with E-state index in [0.29, 0.717) is 11.1 Å². The molecular weight excluding hydrogens is 555 g/mol. The number of hydrogen-bond donors (Lipinski definition) is 1. The summed E-state index contributed by atoms with van der Waals surface area (Å²) in [4.78, 5) is 49.7. The zero-order chi connectivity index (χ0) is 24.7. The van der Waals surface area contributed by atoms with Crippen molar-refractivity contribution in [1.82, 2.24) is 18.8 Å². The summed E-state index contributed by atoms with van der Waals surface area (Å²) >= 11 is 17.3. The number of fused-ring (bicyclic) bond motifs is 4. The zero-order valence-corrected chi connectivity index (χ0v) is 21.1. The van der Waals surface area contributed by atoms with E-state index in [-0.39, 0.29) is 29.9 Å². The number of aromatic hydroxyl groups is 1. The molecule has 0 bridgehead atoms. The second-order valence-electron chi connectivity index (χ2n) is 8.51. The zero-order valence-electron chi connectivity index (χ0n) is 18.0. The lowest BCUT2D eigenvalue weighted by Crippen LogP contribution is -2.59. The van der Waals surface area contributed by atoms with Crippen molar-refractivity contribution in [2.24, 2.45) is 7.05 Å². The van der Waals surface area contributed by atoms with Crippen LogP contribution in [0.3, 0.4) is 0 Å². The number of amides is 2. The Hall–Kier alpha value is -2.50. The largest absolute Gasteiger partial charge is 0.504 e. The number of halogens is 3. The van der Waals surface area contributed by atoms with Crippen molar-refractivity contribution in [3.05, 3.63) is 56.4 Å². The van der Waals surface area contributed by atoms with Crippen LogP contribution in [0.5, 0.6) is 11.5 Å². The van der Waals surface area contributed by atoms with Gasteiger partial charge < -0.3 is 9.84 Å². The fourth-order valence-corrected chi connectivity index (χ4v) is 6.78. The third kappa shape index (κ3) is 2.63. The molecule has 4 atom stereocenters. The SMILES string of the molecule is COc1cc([C@H]2C3=CCn4c(=O)n(C)c(=O)n4[C@@H]3C[C@@]3(Cl)C(=O)N(CBr)C(=O)[C@@]23Cl)ccc1O. The van der Waals surface area contributed by atoms with Gasteiger partial charge in [-0.05, 0) is 23.3 Å². The number of benzene rings is 1. The molecule has 3 aliphatic rings. The molecule has 1 aromatic carbocycles. The van der Waals surface area contributed by atoms with Crippen LogP contribution in [0.25, 0.3) is 0 Å². The Labute approximate surface area is 211 Å². The van der Waals surface area contributed by atoms with E-state index >= 15 is 0 Å². The molecule has 2 amide bonds. The normalized spacial score (nSPS) is 30.0. The molecule has 10 nitrogen and oxygen atoms in total. The first-order valence-corrected chi connectivity index (χ1v) is 12.2. The number of aromatic nitrogens is 3. The number of hydrogen-bond acceptors (Lipinski definition) is 6. The van der Waals surface area contributed by atoms with Crippen LogP contribution in [-0.4, -0.2) is 58.1 Å². The van der Waals surface area contributed by atoms with E-state index in [2.05, 4.69) is 15.9 Å².